The van der Waals surface area contributed by atoms with Gasteiger partial charge in [-0.1, -0.05) is 18.2 Å². The van der Waals surface area contributed by atoms with Gasteiger partial charge < -0.3 is 14.6 Å². The molecule has 6 rings (SSSR count). The van der Waals surface area contributed by atoms with Gasteiger partial charge in [0.1, 0.15) is 17.2 Å². The van der Waals surface area contributed by atoms with E-state index in [2.05, 4.69) is 15.3 Å². The van der Waals surface area contributed by atoms with Gasteiger partial charge in [-0.3, -0.25) is 19.6 Å². The lowest BCUT2D eigenvalue weighted by Crippen LogP contribution is -2.42. The molecule has 1 fully saturated rings. The molecule has 0 atom stereocenters. The molecule has 3 aromatic heterocycles. The van der Waals surface area contributed by atoms with Gasteiger partial charge in [0.05, 0.1) is 17.8 Å². The Morgan fingerprint density at radius 2 is 1.77 bits per heavy atom. The van der Waals surface area contributed by atoms with Gasteiger partial charge >= 0.3 is 0 Å². The molecule has 0 unspecified atom stereocenters. The number of nitrogens with zero attached hydrogens (tertiary/aromatic N) is 3. The predicted octanol–water partition coefficient (Wildman–Crippen LogP) is 6.90. The molecule has 0 bridgehead atoms. The van der Waals surface area contributed by atoms with Crippen LogP contribution in [0.2, 0.25) is 0 Å². The summed E-state index contributed by atoms with van der Waals surface area (Å²) in [6.45, 7) is 0.130. The van der Waals surface area contributed by atoms with E-state index in [9.17, 15) is 22.8 Å². The zero-order valence-electron chi connectivity index (χ0n) is 23.5. The van der Waals surface area contributed by atoms with Crippen molar-refractivity contribution in [2.45, 2.75) is 25.3 Å². The Balaban J connectivity index is 1.25. The van der Waals surface area contributed by atoms with E-state index in [4.69, 9.17) is 4.42 Å². The number of fused-ring (bicyclic) bond motifs is 1. The fraction of sp³-hybridized carbons (Fsp3) is 0.176. The summed E-state index contributed by atoms with van der Waals surface area (Å²) in [5.41, 5.74) is 4.39. The number of carbonyl (C=O) groups excluding carboxylic acids is 2. The van der Waals surface area contributed by atoms with Crippen LogP contribution in [0.3, 0.4) is 0 Å². The topological polar surface area (TPSA) is 88.3 Å². The SMILES string of the molecule is O=C(/C=C/c1cccnc1)NCc1cc2cc(-c3ccc(C(=O)N4CCC(F)(F)CC4)cn3)cc(-c3ccc(F)cc3)c2o1. The summed E-state index contributed by atoms with van der Waals surface area (Å²) >= 11 is 0. The summed E-state index contributed by atoms with van der Waals surface area (Å²) in [6, 6.07) is 18.6. The summed E-state index contributed by atoms with van der Waals surface area (Å²) in [7, 11) is 0. The van der Waals surface area contributed by atoms with Crippen molar-refractivity contribution in [1.29, 1.82) is 0 Å². The fourth-order valence-corrected chi connectivity index (χ4v) is 5.08. The first-order chi connectivity index (χ1) is 21.2. The predicted molar refractivity (Wildman–Crippen MR) is 160 cm³/mol. The Labute approximate surface area is 251 Å². The first kappa shape index (κ1) is 28.9. The Morgan fingerprint density at radius 1 is 0.977 bits per heavy atom. The molecular formula is C34H27F3N4O3. The Kier molecular flexibility index (Phi) is 7.97. The van der Waals surface area contributed by atoms with Crippen LogP contribution < -0.4 is 5.32 Å². The fourth-order valence-electron chi connectivity index (χ4n) is 5.08. The highest BCUT2D eigenvalue weighted by Crippen LogP contribution is 2.36. The Hall–Kier alpha value is -5.25. The van der Waals surface area contributed by atoms with Gasteiger partial charge in [-0.15, -0.1) is 0 Å². The van der Waals surface area contributed by atoms with Crippen molar-refractivity contribution in [3.8, 4) is 22.4 Å². The van der Waals surface area contributed by atoms with Crippen LogP contribution in [0.4, 0.5) is 13.2 Å². The molecule has 0 spiro atoms. The molecule has 5 aromatic rings. The quantitative estimate of drug-likeness (QED) is 0.207. The highest BCUT2D eigenvalue weighted by molar-refractivity contribution is 5.97. The van der Waals surface area contributed by atoms with Gasteiger partial charge in [0, 0.05) is 67.1 Å². The van der Waals surface area contributed by atoms with Gasteiger partial charge in [0.25, 0.3) is 11.8 Å². The van der Waals surface area contributed by atoms with Gasteiger partial charge in [0.15, 0.2) is 0 Å². The van der Waals surface area contributed by atoms with Crippen molar-refractivity contribution in [3.05, 3.63) is 114 Å². The number of nitrogens with one attached hydrogen (secondary N) is 1. The first-order valence-corrected chi connectivity index (χ1v) is 14.1. The van der Waals surface area contributed by atoms with Gasteiger partial charge in [-0.05, 0) is 65.7 Å². The average Bonchev–Trinajstić information content (AvgIpc) is 3.46. The maximum atomic E-state index is 13.7. The van der Waals surface area contributed by atoms with Crippen LogP contribution in [0.5, 0.6) is 0 Å². The molecule has 1 saturated heterocycles. The molecule has 1 N–H and O–H groups in total. The molecule has 1 aliphatic heterocycles. The number of carbonyl (C=O) groups is 2. The number of pyridine rings is 2. The number of piperidine rings is 1. The Bertz CT molecular complexity index is 1830. The largest absolute Gasteiger partial charge is 0.459 e. The van der Waals surface area contributed by atoms with E-state index < -0.39 is 5.92 Å². The molecule has 0 radical (unpaired) electrons. The highest BCUT2D eigenvalue weighted by atomic mass is 19.3. The number of hydrogen-bond acceptors (Lipinski definition) is 5. The zero-order valence-corrected chi connectivity index (χ0v) is 23.5. The third-order valence-electron chi connectivity index (χ3n) is 7.46. The normalized spacial score (nSPS) is 14.7. The van der Waals surface area contributed by atoms with Crippen molar-refractivity contribution in [2.75, 3.05) is 13.1 Å². The van der Waals surface area contributed by atoms with E-state index in [0.29, 0.717) is 28.2 Å². The first-order valence-electron chi connectivity index (χ1n) is 14.1. The van der Waals surface area contributed by atoms with E-state index in [1.54, 1.807) is 48.8 Å². The number of rotatable bonds is 7. The number of aromatic nitrogens is 2. The van der Waals surface area contributed by atoms with E-state index >= 15 is 0 Å². The summed E-state index contributed by atoms with van der Waals surface area (Å²) in [4.78, 5) is 35.2. The molecule has 10 heteroatoms. The summed E-state index contributed by atoms with van der Waals surface area (Å²) < 4.78 is 47.0. The standard InChI is InChI=1S/C34H27F3N4O3/c35-27-7-4-23(5-8-27)29-18-25(30-9-6-24(20-39-30)33(43)41-14-11-34(36,37)12-15-41)16-26-17-28(44-32(26)29)21-40-31(42)10-3-22-2-1-13-38-19-22/h1-10,13,16-20H,11-12,14-15,21H2,(H,40,42)/b10-3+. The zero-order chi connectivity index (χ0) is 30.7. The van der Waals surface area contributed by atoms with Gasteiger partial charge in [0.2, 0.25) is 5.91 Å². The average molecular weight is 597 g/mol. The van der Waals surface area contributed by atoms with Crippen molar-refractivity contribution < 1.29 is 27.2 Å². The number of likely N-dealkylation sites (tertiary alicyclic amines) is 1. The summed E-state index contributed by atoms with van der Waals surface area (Å²) in [6.07, 6.45) is 7.13. The maximum absolute atomic E-state index is 13.7. The van der Waals surface area contributed by atoms with Crippen LogP contribution in [0.25, 0.3) is 39.4 Å². The summed E-state index contributed by atoms with van der Waals surface area (Å²) in [5.74, 6) is -3.23. The van der Waals surface area contributed by atoms with Crippen molar-refractivity contribution >= 4 is 28.9 Å². The van der Waals surface area contributed by atoms with Crippen molar-refractivity contribution in [2.24, 2.45) is 0 Å². The number of halogens is 3. The van der Waals surface area contributed by atoms with Crippen LogP contribution >= 0.6 is 0 Å². The molecule has 7 nitrogen and oxygen atoms in total. The molecule has 0 saturated carbocycles. The summed E-state index contributed by atoms with van der Waals surface area (Å²) in [5, 5.41) is 3.56. The second-order valence-corrected chi connectivity index (χ2v) is 10.6. The second-order valence-electron chi connectivity index (χ2n) is 10.6. The monoisotopic (exact) mass is 596 g/mol. The lowest BCUT2D eigenvalue weighted by atomic mass is 9.98. The number of benzene rings is 2. The number of amides is 2. The van der Waals surface area contributed by atoms with Crippen LogP contribution in [0, 0.1) is 5.82 Å². The van der Waals surface area contributed by atoms with Crippen LogP contribution in [-0.2, 0) is 11.3 Å². The lowest BCUT2D eigenvalue weighted by molar-refractivity contribution is -0.116. The molecule has 44 heavy (non-hydrogen) atoms. The molecule has 1 aliphatic rings. The lowest BCUT2D eigenvalue weighted by Gasteiger charge is -2.31. The maximum Gasteiger partial charge on any atom is 0.255 e. The van der Waals surface area contributed by atoms with Crippen LogP contribution in [0.1, 0.15) is 34.5 Å². The molecule has 222 valence electrons. The van der Waals surface area contributed by atoms with E-state index in [1.165, 1.54) is 29.3 Å². The number of alkyl halides is 2. The molecular weight excluding hydrogens is 569 g/mol. The van der Waals surface area contributed by atoms with E-state index in [-0.39, 0.29) is 50.1 Å². The van der Waals surface area contributed by atoms with Crippen molar-refractivity contribution in [3.63, 3.8) is 0 Å². The molecule has 2 amide bonds. The second kappa shape index (κ2) is 12.2. The Morgan fingerprint density at radius 3 is 2.48 bits per heavy atom. The molecule has 0 aliphatic carbocycles. The smallest absolute Gasteiger partial charge is 0.255 e. The molecule has 2 aromatic carbocycles. The molecule has 4 heterocycles. The van der Waals surface area contributed by atoms with E-state index in [0.717, 1.165) is 22.1 Å². The minimum atomic E-state index is -2.74. The van der Waals surface area contributed by atoms with E-state index in [1.807, 2.05) is 24.3 Å². The van der Waals surface area contributed by atoms with Crippen molar-refractivity contribution in [1.82, 2.24) is 20.2 Å². The highest BCUT2D eigenvalue weighted by Gasteiger charge is 2.35. The minimum Gasteiger partial charge on any atom is -0.459 e. The van der Waals surface area contributed by atoms with Crippen LogP contribution in [-0.4, -0.2) is 45.7 Å². The van der Waals surface area contributed by atoms with Gasteiger partial charge in [-0.25, -0.2) is 13.2 Å². The third kappa shape index (κ3) is 6.54. The third-order valence-corrected chi connectivity index (χ3v) is 7.46. The number of furan rings is 1. The minimum absolute atomic E-state index is 0.00461. The van der Waals surface area contributed by atoms with Crippen LogP contribution in [0.15, 0.2) is 95.8 Å². The van der Waals surface area contributed by atoms with Gasteiger partial charge in [-0.2, -0.15) is 0 Å². The number of hydrogen-bond donors (Lipinski definition) is 1.